The fraction of sp³-hybridized carbons (Fsp3) is 0.909. The summed E-state index contributed by atoms with van der Waals surface area (Å²) in [7, 11) is -4.03. The minimum Gasteiger partial charge on any atom is -0.480 e. The van der Waals surface area contributed by atoms with Crippen molar-refractivity contribution in [1.82, 2.24) is 0 Å². The van der Waals surface area contributed by atoms with Gasteiger partial charge >= 0.3 is 13.6 Å². The van der Waals surface area contributed by atoms with E-state index in [0.717, 1.165) is 32.1 Å². The number of carboxylic acid groups (broad SMARTS) is 1. The van der Waals surface area contributed by atoms with Crippen molar-refractivity contribution in [2.24, 2.45) is 11.1 Å². The molecule has 0 heterocycles. The predicted octanol–water partition coefficient (Wildman–Crippen LogP) is 1.31. The molecule has 1 unspecified atom stereocenters. The molecule has 6 nitrogen and oxygen atoms in total. The highest BCUT2D eigenvalue weighted by Gasteiger charge is 2.36. The Hall–Kier alpha value is -0.420. The maximum absolute atomic E-state index is 11.0. The number of nitrogens with two attached hydrogens (primary N) is 1. The first-order valence-corrected chi connectivity index (χ1v) is 8.07. The summed E-state index contributed by atoms with van der Waals surface area (Å²) in [6.07, 6.45) is 5.17. The van der Waals surface area contributed by atoms with E-state index in [9.17, 15) is 9.36 Å². The maximum atomic E-state index is 11.0. The fourth-order valence-corrected chi connectivity index (χ4v) is 3.56. The summed E-state index contributed by atoms with van der Waals surface area (Å²) in [6, 6.07) is -0.945. The van der Waals surface area contributed by atoms with Gasteiger partial charge in [-0.3, -0.25) is 9.36 Å². The molecule has 0 aromatic rings. The molecule has 106 valence electrons. The first kappa shape index (κ1) is 15.6. The molecule has 1 saturated carbocycles. The molecule has 18 heavy (non-hydrogen) atoms. The van der Waals surface area contributed by atoms with Gasteiger partial charge in [-0.2, -0.15) is 0 Å². The van der Waals surface area contributed by atoms with Crippen molar-refractivity contribution in [1.29, 1.82) is 0 Å². The SMILES string of the molecule is NC(CC1(CCP(=O)(O)O)CCCCC1)C(=O)O. The summed E-state index contributed by atoms with van der Waals surface area (Å²) < 4.78 is 11.0. The average molecular weight is 279 g/mol. The van der Waals surface area contributed by atoms with Crippen LogP contribution in [0.3, 0.4) is 0 Å². The van der Waals surface area contributed by atoms with Crippen LogP contribution in [0.2, 0.25) is 0 Å². The van der Waals surface area contributed by atoms with Crippen molar-refractivity contribution in [3.05, 3.63) is 0 Å². The van der Waals surface area contributed by atoms with Crippen LogP contribution in [0.1, 0.15) is 44.9 Å². The van der Waals surface area contributed by atoms with Gasteiger partial charge in [-0.05, 0) is 31.1 Å². The molecule has 1 rings (SSSR count). The smallest absolute Gasteiger partial charge is 0.325 e. The number of rotatable bonds is 6. The number of aliphatic carboxylic acids is 1. The van der Waals surface area contributed by atoms with Gasteiger partial charge in [0.25, 0.3) is 0 Å². The lowest BCUT2D eigenvalue weighted by Crippen LogP contribution is -2.39. The predicted molar refractivity (Wildman–Crippen MR) is 67.3 cm³/mol. The van der Waals surface area contributed by atoms with Crippen molar-refractivity contribution < 1.29 is 24.3 Å². The van der Waals surface area contributed by atoms with Gasteiger partial charge < -0.3 is 20.6 Å². The Bertz CT molecular complexity index is 334. The van der Waals surface area contributed by atoms with Gasteiger partial charge in [-0.1, -0.05) is 19.3 Å². The molecule has 1 fully saturated rings. The van der Waals surface area contributed by atoms with E-state index in [4.69, 9.17) is 20.6 Å². The van der Waals surface area contributed by atoms with Crippen LogP contribution in [0.5, 0.6) is 0 Å². The topological polar surface area (TPSA) is 121 Å². The van der Waals surface area contributed by atoms with Gasteiger partial charge in [0, 0.05) is 0 Å². The number of hydrogen-bond donors (Lipinski definition) is 4. The molecule has 0 aliphatic heterocycles. The Morgan fingerprint density at radius 3 is 2.28 bits per heavy atom. The van der Waals surface area contributed by atoms with E-state index < -0.39 is 19.6 Å². The van der Waals surface area contributed by atoms with Gasteiger partial charge in [0.15, 0.2) is 0 Å². The number of carboxylic acids is 1. The summed E-state index contributed by atoms with van der Waals surface area (Å²) in [5.41, 5.74) is 5.27. The highest BCUT2D eigenvalue weighted by molar-refractivity contribution is 7.51. The first-order valence-electron chi connectivity index (χ1n) is 6.27. The Morgan fingerprint density at radius 1 is 1.28 bits per heavy atom. The van der Waals surface area contributed by atoms with Crippen LogP contribution in [-0.4, -0.2) is 33.1 Å². The lowest BCUT2D eigenvalue weighted by atomic mass is 9.68. The second-order valence-electron chi connectivity index (χ2n) is 5.35. The lowest BCUT2D eigenvalue weighted by Gasteiger charge is -2.38. The third-order valence-corrected chi connectivity index (χ3v) is 4.62. The van der Waals surface area contributed by atoms with Gasteiger partial charge in [0.05, 0.1) is 6.16 Å². The normalized spacial score (nSPS) is 21.5. The monoisotopic (exact) mass is 279 g/mol. The molecule has 0 amide bonds. The van der Waals surface area contributed by atoms with E-state index in [1.54, 1.807) is 0 Å². The maximum Gasteiger partial charge on any atom is 0.325 e. The van der Waals surface area contributed by atoms with Crippen LogP contribution in [0, 0.1) is 5.41 Å². The zero-order valence-electron chi connectivity index (χ0n) is 10.4. The molecule has 1 aliphatic rings. The second kappa shape index (κ2) is 6.15. The van der Waals surface area contributed by atoms with E-state index in [-0.39, 0.29) is 11.6 Å². The fourth-order valence-electron chi connectivity index (χ4n) is 2.79. The van der Waals surface area contributed by atoms with E-state index in [1.807, 2.05) is 0 Å². The van der Waals surface area contributed by atoms with Crippen molar-refractivity contribution in [3.8, 4) is 0 Å². The first-order chi connectivity index (χ1) is 8.24. The average Bonchev–Trinajstić information content (AvgIpc) is 2.27. The Kier molecular flexibility index (Phi) is 5.34. The molecular weight excluding hydrogens is 257 g/mol. The van der Waals surface area contributed by atoms with Crippen LogP contribution in [-0.2, 0) is 9.36 Å². The second-order valence-corrected chi connectivity index (χ2v) is 7.12. The van der Waals surface area contributed by atoms with Crippen LogP contribution in [0.4, 0.5) is 0 Å². The molecule has 0 saturated heterocycles. The summed E-state index contributed by atoms with van der Waals surface area (Å²) in [6.45, 7) is 0. The molecule has 0 aromatic heterocycles. The van der Waals surface area contributed by atoms with E-state index in [1.165, 1.54) is 0 Å². The summed E-state index contributed by atoms with van der Waals surface area (Å²) in [5.74, 6) is -1.05. The van der Waals surface area contributed by atoms with Gasteiger partial charge in [0.2, 0.25) is 0 Å². The van der Waals surface area contributed by atoms with Crippen molar-refractivity contribution >= 4 is 13.6 Å². The highest BCUT2D eigenvalue weighted by Crippen LogP contribution is 2.47. The summed E-state index contributed by atoms with van der Waals surface area (Å²) >= 11 is 0. The lowest BCUT2D eigenvalue weighted by molar-refractivity contribution is -0.139. The summed E-state index contributed by atoms with van der Waals surface area (Å²) in [4.78, 5) is 28.8. The van der Waals surface area contributed by atoms with Gasteiger partial charge in [-0.25, -0.2) is 0 Å². The van der Waals surface area contributed by atoms with Gasteiger partial charge in [-0.15, -0.1) is 0 Å². The van der Waals surface area contributed by atoms with Crippen LogP contribution in [0.25, 0.3) is 0 Å². The molecule has 0 spiro atoms. The molecule has 5 N–H and O–H groups in total. The van der Waals surface area contributed by atoms with Crippen LogP contribution < -0.4 is 5.73 Å². The minimum absolute atomic E-state index is 0.181. The molecule has 7 heteroatoms. The number of carbonyl (C=O) groups is 1. The van der Waals surface area contributed by atoms with Crippen molar-refractivity contribution in [3.63, 3.8) is 0 Å². The zero-order valence-corrected chi connectivity index (χ0v) is 11.3. The molecule has 0 bridgehead atoms. The Balaban J connectivity index is 2.68. The Labute approximate surface area is 107 Å². The summed E-state index contributed by atoms with van der Waals surface area (Å²) in [5, 5.41) is 8.88. The van der Waals surface area contributed by atoms with Crippen molar-refractivity contribution in [2.45, 2.75) is 51.0 Å². The molecular formula is C11H22NO5P. The van der Waals surface area contributed by atoms with Crippen LogP contribution >= 0.6 is 7.60 Å². The Morgan fingerprint density at radius 2 is 1.83 bits per heavy atom. The quantitative estimate of drug-likeness (QED) is 0.544. The highest BCUT2D eigenvalue weighted by atomic mass is 31.2. The molecule has 1 aliphatic carbocycles. The third kappa shape index (κ3) is 5.06. The molecule has 0 aromatic carbocycles. The minimum atomic E-state index is -4.03. The van der Waals surface area contributed by atoms with Crippen LogP contribution in [0.15, 0.2) is 0 Å². The van der Waals surface area contributed by atoms with E-state index in [2.05, 4.69) is 0 Å². The van der Waals surface area contributed by atoms with E-state index >= 15 is 0 Å². The van der Waals surface area contributed by atoms with Crippen molar-refractivity contribution in [2.75, 3.05) is 6.16 Å². The number of hydrogen-bond acceptors (Lipinski definition) is 3. The third-order valence-electron chi connectivity index (χ3n) is 3.82. The van der Waals surface area contributed by atoms with Gasteiger partial charge in [0.1, 0.15) is 6.04 Å². The standard InChI is InChI=1S/C11H22NO5P/c12-9(10(13)14)8-11(4-2-1-3-5-11)6-7-18(15,16)17/h9H,1-8,12H2,(H,13,14)(H2,15,16,17). The van der Waals surface area contributed by atoms with E-state index in [0.29, 0.717) is 12.8 Å². The molecule has 1 atom stereocenters. The zero-order chi connectivity index (χ0) is 13.8. The largest absolute Gasteiger partial charge is 0.480 e. The molecule has 0 radical (unpaired) electrons.